The Kier molecular flexibility index (Phi) is 5.35. The molecule has 1 aromatic rings. The van der Waals surface area contributed by atoms with Gasteiger partial charge in [-0.3, -0.25) is 0 Å². The molecule has 1 atom stereocenters. The Bertz CT molecular complexity index is 441. The van der Waals surface area contributed by atoms with Gasteiger partial charge in [0, 0.05) is 0 Å². The second-order valence-electron chi connectivity index (χ2n) is 4.42. The molecule has 0 radical (unpaired) electrons. The van der Waals surface area contributed by atoms with Crippen LogP contribution in [0, 0.1) is 5.92 Å². The van der Waals surface area contributed by atoms with Crippen LogP contribution in [0.3, 0.4) is 0 Å². The third-order valence-corrected chi connectivity index (χ3v) is 2.29. The van der Waals surface area contributed by atoms with Crippen LogP contribution in [0.4, 0.5) is 6.01 Å². The van der Waals surface area contributed by atoms with Crippen molar-refractivity contribution in [1.82, 2.24) is 4.98 Å². The summed E-state index contributed by atoms with van der Waals surface area (Å²) < 4.78 is 9.76. The fourth-order valence-electron chi connectivity index (χ4n) is 1.48. The summed E-state index contributed by atoms with van der Waals surface area (Å²) in [4.78, 5) is 26.3. The topological polar surface area (TPSA) is 102 Å². The lowest BCUT2D eigenvalue weighted by Crippen LogP contribution is -2.30. The Hall–Kier alpha value is -2.05. The van der Waals surface area contributed by atoms with E-state index >= 15 is 0 Å². The Morgan fingerprint density at radius 2 is 2.21 bits per heavy atom. The third kappa shape index (κ3) is 4.61. The molecule has 0 amide bonds. The largest absolute Gasteiger partial charge is 0.480 e. The predicted molar refractivity (Wildman–Crippen MR) is 67.0 cm³/mol. The van der Waals surface area contributed by atoms with Crippen molar-refractivity contribution >= 4 is 18.0 Å². The van der Waals surface area contributed by atoms with Gasteiger partial charge in [0.25, 0.3) is 6.01 Å². The zero-order valence-corrected chi connectivity index (χ0v) is 11.2. The number of hydrogen-bond donors (Lipinski definition) is 2. The molecular formula is C12H18N2O5. The number of ether oxygens (including phenoxy) is 1. The van der Waals surface area contributed by atoms with E-state index in [4.69, 9.17) is 14.3 Å². The summed E-state index contributed by atoms with van der Waals surface area (Å²) in [5.41, 5.74) is 0.0121. The van der Waals surface area contributed by atoms with Crippen molar-refractivity contribution in [3.8, 4) is 0 Å². The van der Waals surface area contributed by atoms with Gasteiger partial charge in [-0.2, -0.15) is 4.98 Å². The van der Waals surface area contributed by atoms with Crippen molar-refractivity contribution in [3.05, 3.63) is 12.0 Å². The van der Waals surface area contributed by atoms with E-state index in [1.807, 2.05) is 13.8 Å². The highest BCUT2D eigenvalue weighted by Gasteiger charge is 2.21. The number of aromatic nitrogens is 1. The lowest BCUT2D eigenvalue weighted by molar-refractivity contribution is -0.138. The summed E-state index contributed by atoms with van der Waals surface area (Å²) in [6.07, 6.45) is 1.56. The lowest BCUT2D eigenvalue weighted by Gasteiger charge is -2.14. The second kappa shape index (κ2) is 6.77. The van der Waals surface area contributed by atoms with Gasteiger partial charge in [-0.1, -0.05) is 13.8 Å². The number of carboxylic acid groups (broad SMARTS) is 1. The first-order valence-electron chi connectivity index (χ1n) is 6.06. The van der Waals surface area contributed by atoms with E-state index in [1.54, 1.807) is 6.92 Å². The van der Waals surface area contributed by atoms with Gasteiger partial charge in [-0.15, -0.1) is 0 Å². The molecule has 0 aliphatic carbocycles. The highest BCUT2D eigenvalue weighted by Crippen LogP contribution is 2.14. The quantitative estimate of drug-likeness (QED) is 0.728. The number of aliphatic carboxylic acids is 1. The minimum absolute atomic E-state index is 0.00361. The molecule has 0 aliphatic rings. The van der Waals surface area contributed by atoms with Crippen LogP contribution in [0.2, 0.25) is 0 Å². The molecule has 0 saturated heterocycles. The molecule has 0 aromatic carbocycles. The van der Waals surface area contributed by atoms with Crippen LogP contribution in [-0.4, -0.2) is 34.7 Å². The van der Waals surface area contributed by atoms with Gasteiger partial charge in [-0.05, 0) is 19.3 Å². The molecule has 0 aliphatic heterocycles. The number of nitrogens with one attached hydrogen (secondary N) is 1. The number of anilines is 1. The molecule has 0 fully saturated rings. The summed E-state index contributed by atoms with van der Waals surface area (Å²) in [5.74, 6) is -1.40. The van der Waals surface area contributed by atoms with Crippen LogP contribution in [0.25, 0.3) is 0 Å². The zero-order chi connectivity index (χ0) is 14.4. The molecule has 0 spiro atoms. The van der Waals surface area contributed by atoms with Crippen molar-refractivity contribution in [2.45, 2.75) is 33.2 Å². The van der Waals surface area contributed by atoms with Crippen molar-refractivity contribution in [2.75, 3.05) is 11.9 Å². The molecule has 19 heavy (non-hydrogen) atoms. The first kappa shape index (κ1) is 15.0. The fourth-order valence-corrected chi connectivity index (χ4v) is 1.48. The van der Waals surface area contributed by atoms with Crippen molar-refractivity contribution in [3.63, 3.8) is 0 Å². The van der Waals surface area contributed by atoms with Crippen LogP contribution in [-0.2, 0) is 9.53 Å². The normalized spacial score (nSPS) is 12.2. The molecule has 2 N–H and O–H groups in total. The van der Waals surface area contributed by atoms with Gasteiger partial charge in [0.15, 0.2) is 5.69 Å². The molecule has 0 bridgehead atoms. The van der Waals surface area contributed by atoms with Crippen LogP contribution in [0.1, 0.15) is 37.7 Å². The van der Waals surface area contributed by atoms with Crippen LogP contribution < -0.4 is 5.32 Å². The fraction of sp³-hybridized carbons (Fsp3) is 0.583. The summed E-state index contributed by atoms with van der Waals surface area (Å²) in [7, 11) is 0. The number of rotatable bonds is 7. The van der Waals surface area contributed by atoms with Crippen LogP contribution in [0.15, 0.2) is 10.7 Å². The molecule has 106 valence electrons. The van der Waals surface area contributed by atoms with Gasteiger partial charge >= 0.3 is 11.9 Å². The third-order valence-electron chi connectivity index (χ3n) is 2.29. The number of esters is 1. The zero-order valence-electron chi connectivity index (χ0n) is 11.2. The van der Waals surface area contributed by atoms with Gasteiger partial charge < -0.3 is 19.6 Å². The van der Waals surface area contributed by atoms with E-state index in [2.05, 4.69) is 10.3 Å². The summed E-state index contributed by atoms with van der Waals surface area (Å²) in [6, 6.07) is -0.815. The molecule has 1 aromatic heterocycles. The van der Waals surface area contributed by atoms with Crippen molar-refractivity contribution in [1.29, 1.82) is 0 Å². The number of carbonyl (C=O) groups is 2. The average molecular weight is 270 g/mol. The van der Waals surface area contributed by atoms with Gasteiger partial charge in [0.05, 0.1) is 6.61 Å². The number of carbonyl (C=O) groups excluding carboxylic acids is 1. The smallest absolute Gasteiger partial charge is 0.360 e. The van der Waals surface area contributed by atoms with E-state index in [1.165, 1.54) is 0 Å². The molecule has 7 heteroatoms. The average Bonchev–Trinajstić information content (AvgIpc) is 2.76. The van der Waals surface area contributed by atoms with E-state index in [0.717, 1.165) is 6.26 Å². The van der Waals surface area contributed by atoms with E-state index < -0.39 is 18.0 Å². The highest BCUT2D eigenvalue weighted by atomic mass is 16.5. The minimum Gasteiger partial charge on any atom is -0.480 e. The van der Waals surface area contributed by atoms with E-state index in [0.29, 0.717) is 6.42 Å². The molecule has 1 rings (SSSR count). The van der Waals surface area contributed by atoms with Crippen LogP contribution in [0.5, 0.6) is 0 Å². The number of hydrogen-bond acceptors (Lipinski definition) is 6. The lowest BCUT2D eigenvalue weighted by atomic mass is 10.0. The minimum atomic E-state index is -0.996. The van der Waals surface area contributed by atoms with E-state index in [9.17, 15) is 9.59 Å². The van der Waals surface area contributed by atoms with Crippen molar-refractivity contribution < 1.29 is 23.8 Å². The molecule has 1 heterocycles. The maximum Gasteiger partial charge on any atom is 0.360 e. The SMILES string of the molecule is CCOC(=O)c1coc(NC(CC(C)C)C(=O)O)n1. The van der Waals surface area contributed by atoms with Gasteiger partial charge in [0.2, 0.25) is 0 Å². The monoisotopic (exact) mass is 270 g/mol. The summed E-state index contributed by atoms with van der Waals surface area (Å²) in [6.45, 7) is 5.74. The summed E-state index contributed by atoms with van der Waals surface area (Å²) in [5, 5.41) is 11.7. The first-order valence-corrected chi connectivity index (χ1v) is 6.06. The Morgan fingerprint density at radius 1 is 1.53 bits per heavy atom. The predicted octanol–water partition coefficient (Wildman–Crippen LogP) is 1.76. The van der Waals surface area contributed by atoms with E-state index in [-0.39, 0.29) is 24.2 Å². The number of carboxylic acids is 1. The molecule has 7 nitrogen and oxygen atoms in total. The summed E-state index contributed by atoms with van der Waals surface area (Å²) >= 11 is 0. The van der Waals surface area contributed by atoms with Crippen LogP contribution >= 0.6 is 0 Å². The second-order valence-corrected chi connectivity index (χ2v) is 4.42. The number of oxazole rings is 1. The molecule has 1 unspecified atom stereocenters. The first-order chi connectivity index (χ1) is 8.93. The van der Waals surface area contributed by atoms with Gasteiger partial charge in [-0.25, -0.2) is 9.59 Å². The number of nitrogens with zero attached hydrogens (tertiary/aromatic N) is 1. The standard InChI is InChI=1S/C12H18N2O5/c1-4-18-11(17)9-6-19-12(14-9)13-8(10(15)16)5-7(2)3/h6-8H,4-5H2,1-3H3,(H,13,14)(H,15,16). The maximum absolute atomic E-state index is 11.4. The van der Waals surface area contributed by atoms with Gasteiger partial charge in [0.1, 0.15) is 12.3 Å². The molecular weight excluding hydrogens is 252 g/mol. The Labute approximate surface area is 111 Å². The van der Waals surface area contributed by atoms with Crippen molar-refractivity contribution in [2.24, 2.45) is 5.92 Å². The maximum atomic E-state index is 11.4. The molecule has 0 saturated carbocycles. The highest BCUT2D eigenvalue weighted by molar-refractivity contribution is 5.87. The Morgan fingerprint density at radius 3 is 2.74 bits per heavy atom. The Balaban J connectivity index is 2.70.